The van der Waals surface area contributed by atoms with Gasteiger partial charge in [-0.3, -0.25) is 14.5 Å². The highest BCUT2D eigenvalue weighted by Gasteiger charge is 2.35. The van der Waals surface area contributed by atoms with E-state index < -0.39 is 18.5 Å². The normalized spacial score (nSPS) is 14.7. The highest BCUT2D eigenvalue weighted by atomic mass is 127. The molecule has 0 bridgehead atoms. The van der Waals surface area contributed by atoms with Gasteiger partial charge < -0.3 is 19.3 Å². The Hall–Kier alpha value is -2.73. The average molecular weight is 569 g/mol. The first-order chi connectivity index (χ1) is 15.3. The van der Waals surface area contributed by atoms with E-state index >= 15 is 0 Å². The number of nitrogens with zero attached hydrogens (tertiary/aromatic N) is 1. The number of benzene rings is 2. The molecule has 2 aromatic carbocycles. The second kappa shape index (κ2) is 10.7. The summed E-state index contributed by atoms with van der Waals surface area (Å²) >= 11 is 2.85. The minimum absolute atomic E-state index is 0.138. The Bertz CT molecular complexity index is 1070. The fraction of sp³-hybridized carbons (Fsp3) is 0.227. The zero-order valence-electron chi connectivity index (χ0n) is 17.3. The van der Waals surface area contributed by atoms with Crippen LogP contribution < -0.4 is 14.2 Å². The molecular weight excluding hydrogens is 549 g/mol. The van der Waals surface area contributed by atoms with Gasteiger partial charge in [-0.05, 0) is 77.2 Å². The largest absolute Gasteiger partial charge is 0.493 e. The van der Waals surface area contributed by atoms with Crippen molar-refractivity contribution in [2.75, 3.05) is 26.9 Å². The zero-order valence-corrected chi connectivity index (χ0v) is 20.3. The Morgan fingerprint density at radius 3 is 2.56 bits per heavy atom. The van der Waals surface area contributed by atoms with Gasteiger partial charge in [0.1, 0.15) is 12.4 Å². The molecule has 32 heavy (non-hydrogen) atoms. The van der Waals surface area contributed by atoms with E-state index in [1.807, 2.05) is 53.8 Å². The Morgan fingerprint density at radius 2 is 1.91 bits per heavy atom. The molecule has 2 amide bonds. The molecule has 2 aromatic rings. The summed E-state index contributed by atoms with van der Waals surface area (Å²) in [6.07, 6.45) is 1.59. The number of aryl methyl sites for hydroxylation is 1. The minimum Gasteiger partial charge on any atom is -0.493 e. The lowest BCUT2D eigenvalue weighted by molar-refractivity contribution is -0.139. The van der Waals surface area contributed by atoms with E-state index in [0.717, 1.165) is 22.2 Å². The number of carbonyl (C=O) groups excluding carboxylic acids is 2. The number of imide groups is 1. The van der Waals surface area contributed by atoms with E-state index in [0.29, 0.717) is 26.4 Å². The molecule has 0 unspecified atom stereocenters. The van der Waals surface area contributed by atoms with Crippen molar-refractivity contribution in [1.29, 1.82) is 0 Å². The summed E-state index contributed by atoms with van der Waals surface area (Å²) in [7, 11) is 1.44. The van der Waals surface area contributed by atoms with Gasteiger partial charge in [0.05, 0.1) is 22.1 Å². The van der Waals surface area contributed by atoms with Gasteiger partial charge in [0.25, 0.3) is 11.1 Å². The van der Waals surface area contributed by atoms with Crippen molar-refractivity contribution in [3.63, 3.8) is 0 Å². The summed E-state index contributed by atoms with van der Waals surface area (Å²) in [4.78, 5) is 37.3. The molecule has 0 aliphatic carbocycles. The number of rotatable bonds is 9. The Labute approximate surface area is 202 Å². The molecule has 1 saturated heterocycles. The van der Waals surface area contributed by atoms with Crippen LogP contribution in [0.25, 0.3) is 6.08 Å². The number of carboxylic acids is 1. The lowest BCUT2D eigenvalue weighted by Crippen LogP contribution is -2.32. The van der Waals surface area contributed by atoms with Crippen LogP contribution >= 0.6 is 34.4 Å². The van der Waals surface area contributed by atoms with Crippen molar-refractivity contribution in [3.05, 3.63) is 56.0 Å². The molecule has 10 heteroatoms. The molecule has 1 aliphatic rings. The van der Waals surface area contributed by atoms with Gasteiger partial charge in [0.15, 0.2) is 18.1 Å². The van der Waals surface area contributed by atoms with E-state index in [1.165, 1.54) is 7.11 Å². The first-order valence-corrected chi connectivity index (χ1v) is 11.3. The maximum atomic E-state index is 12.7. The number of hydrogen-bond acceptors (Lipinski definition) is 7. The van der Waals surface area contributed by atoms with Crippen molar-refractivity contribution >= 4 is 57.5 Å². The Morgan fingerprint density at radius 1 is 1.19 bits per heavy atom. The van der Waals surface area contributed by atoms with Gasteiger partial charge >= 0.3 is 5.97 Å². The summed E-state index contributed by atoms with van der Waals surface area (Å²) in [5, 5.41) is 8.46. The van der Waals surface area contributed by atoms with Gasteiger partial charge in [0, 0.05) is 0 Å². The highest BCUT2D eigenvalue weighted by Crippen LogP contribution is 2.37. The molecule has 1 N–H and O–H groups in total. The Balaban J connectivity index is 1.70. The first-order valence-electron chi connectivity index (χ1n) is 9.45. The van der Waals surface area contributed by atoms with Gasteiger partial charge in [-0.2, -0.15) is 0 Å². The predicted octanol–water partition coefficient (Wildman–Crippen LogP) is 4.19. The first kappa shape index (κ1) is 23.9. The average Bonchev–Trinajstić information content (AvgIpc) is 3.01. The lowest BCUT2D eigenvalue weighted by Gasteiger charge is -2.13. The summed E-state index contributed by atoms with van der Waals surface area (Å²) in [5.41, 5.74) is 1.73. The molecule has 0 spiro atoms. The second-order valence-corrected chi connectivity index (χ2v) is 8.87. The van der Waals surface area contributed by atoms with E-state index in [2.05, 4.69) is 0 Å². The number of hydrogen-bond donors (Lipinski definition) is 1. The molecule has 1 aliphatic heterocycles. The minimum atomic E-state index is -1.10. The van der Waals surface area contributed by atoms with Crippen LogP contribution in [-0.4, -0.2) is 54.0 Å². The van der Waals surface area contributed by atoms with Crippen LogP contribution in [0.5, 0.6) is 17.2 Å². The van der Waals surface area contributed by atoms with Crippen molar-refractivity contribution in [3.8, 4) is 17.2 Å². The maximum absolute atomic E-state index is 12.7. The third-order valence-corrected chi connectivity index (χ3v) is 6.08. The fourth-order valence-electron chi connectivity index (χ4n) is 2.83. The molecule has 0 saturated carbocycles. The number of halogens is 1. The van der Waals surface area contributed by atoms with Crippen LogP contribution in [0.3, 0.4) is 0 Å². The molecule has 8 nitrogen and oxygen atoms in total. The number of amides is 2. The lowest BCUT2D eigenvalue weighted by atomic mass is 10.2. The van der Waals surface area contributed by atoms with Crippen molar-refractivity contribution < 1.29 is 33.7 Å². The molecule has 0 atom stereocenters. The molecule has 3 rings (SSSR count). The number of ether oxygens (including phenoxy) is 3. The molecule has 0 aromatic heterocycles. The predicted molar refractivity (Wildman–Crippen MR) is 128 cm³/mol. The maximum Gasteiger partial charge on any atom is 0.341 e. The van der Waals surface area contributed by atoms with E-state index in [9.17, 15) is 14.4 Å². The van der Waals surface area contributed by atoms with Crippen LogP contribution in [0, 0.1) is 10.5 Å². The molecule has 0 radical (unpaired) electrons. The quantitative estimate of drug-likeness (QED) is 0.355. The number of methoxy groups -OCH3 is 1. The molecule has 1 heterocycles. The summed E-state index contributed by atoms with van der Waals surface area (Å²) < 4.78 is 16.8. The van der Waals surface area contributed by atoms with Crippen LogP contribution in [0.15, 0.2) is 41.3 Å². The van der Waals surface area contributed by atoms with Crippen molar-refractivity contribution in [2.45, 2.75) is 6.92 Å². The number of carbonyl (C=O) groups is 3. The van der Waals surface area contributed by atoms with Crippen LogP contribution in [-0.2, 0) is 9.59 Å². The zero-order chi connectivity index (χ0) is 23.3. The highest BCUT2D eigenvalue weighted by molar-refractivity contribution is 14.1. The van der Waals surface area contributed by atoms with Gasteiger partial charge in [-0.15, -0.1) is 0 Å². The smallest absolute Gasteiger partial charge is 0.341 e. The number of thioether (sulfide) groups is 1. The van der Waals surface area contributed by atoms with E-state index in [4.69, 9.17) is 19.3 Å². The number of carboxylic acid groups (broad SMARTS) is 1. The molecule has 1 fully saturated rings. The Kier molecular flexibility index (Phi) is 8.02. The van der Waals surface area contributed by atoms with Crippen LogP contribution in [0.1, 0.15) is 11.1 Å². The topological polar surface area (TPSA) is 102 Å². The van der Waals surface area contributed by atoms with Crippen molar-refractivity contribution in [2.24, 2.45) is 0 Å². The summed E-state index contributed by atoms with van der Waals surface area (Å²) in [6, 6.07) is 10.9. The monoisotopic (exact) mass is 569 g/mol. The molecule has 168 valence electrons. The SMILES string of the molecule is COc1cc(/C=C2\SC(=O)N(CCOc3ccc(C)cc3)C2=O)cc(I)c1OCC(=O)O. The van der Waals surface area contributed by atoms with Gasteiger partial charge in [-0.1, -0.05) is 17.7 Å². The van der Waals surface area contributed by atoms with Crippen LogP contribution in [0.2, 0.25) is 0 Å². The van der Waals surface area contributed by atoms with Gasteiger partial charge in [-0.25, -0.2) is 4.79 Å². The number of aliphatic carboxylic acids is 1. The second-order valence-electron chi connectivity index (χ2n) is 6.71. The third kappa shape index (κ3) is 5.94. The summed E-state index contributed by atoms with van der Waals surface area (Å²) in [6.45, 7) is 1.80. The standard InChI is InChI=1S/C22H20INO7S/c1-13-3-5-15(6-4-13)30-8-7-24-21(27)18(32-22(24)28)11-14-9-16(23)20(17(10-14)29-2)31-12-19(25)26/h3-6,9-11H,7-8,12H2,1-2H3,(H,25,26)/b18-11-. The third-order valence-electron chi connectivity index (χ3n) is 4.37. The van der Waals surface area contributed by atoms with E-state index in [1.54, 1.807) is 18.2 Å². The fourth-order valence-corrected chi connectivity index (χ4v) is 4.48. The molecular formula is C22H20INO7S. The summed E-state index contributed by atoms with van der Waals surface area (Å²) in [5.74, 6) is -0.200. The van der Waals surface area contributed by atoms with Crippen molar-refractivity contribution in [1.82, 2.24) is 4.90 Å². The van der Waals surface area contributed by atoms with Gasteiger partial charge in [0.2, 0.25) is 0 Å². The van der Waals surface area contributed by atoms with E-state index in [-0.39, 0.29) is 23.3 Å². The van der Waals surface area contributed by atoms with Crippen LogP contribution in [0.4, 0.5) is 4.79 Å².